The summed E-state index contributed by atoms with van der Waals surface area (Å²) in [6.45, 7) is 3.02. The summed E-state index contributed by atoms with van der Waals surface area (Å²) in [5.74, 6) is -11.1. The molecule has 13 nitrogen and oxygen atoms in total. The number of carbonyl (C=O) groups is 1. The minimum absolute atomic E-state index is 0.0381. The predicted octanol–water partition coefficient (Wildman–Crippen LogP) is 3.00. The van der Waals surface area contributed by atoms with Gasteiger partial charge >= 0.3 is 25.6 Å². The number of imidazole rings is 1. The third-order valence-corrected chi connectivity index (χ3v) is 7.22. The zero-order valence-corrected chi connectivity index (χ0v) is 22.1. The van der Waals surface area contributed by atoms with E-state index in [2.05, 4.69) is 20.0 Å². The molecule has 0 aliphatic carbocycles. The van der Waals surface area contributed by atoms with Gasteiger partial charge in [0.1, 0.15) is 11.8 Å². The first-order chi connectivity index (χ1) is 18.6. The van der Waals surface area contributed by atoms with Crippen molar-refractivity contribution in [2.24, 2.45) is 0 Å². The molecule has 4 rings (SSSR count). The Morgan fingerprint density at radius 3 is 2.55 bits per heavy atom. The minimum Gasteiger partial charge on any atom is -0.462 e. The fourth-order valence-electron chi connectivity index (χ4n) is 3.70. The van der Waals surface area contributed by atoms with Crippen molar-refractivity contribution < 1.29 is 45.4 Å². The van der Waals surface area contributed by atoms with E-state index in [0.717, 1.165) is 0 Å². The Morgan fingerprint density at radius 2 is 1.90 bits per heavy atom. The number of nitrogens with two attached hydrogens (primary N) is 1. The van der Waals surface area contributed by atoms with Gasteiger partial charge in [0.2, 0.25) is 12.2 Å². The lowest BCUT2D eigenvalue weighted by Gasteiger charge is -2.26. The van der Waals surface area contributed by atoms with Gasteiger partial charge in [-0.15, -0.1) is 0 Å². The number of esters is 1. The predicted molar refractivity (Wildman–Crippen MR) is 131 cm³/mol. The smallest absolute Gasteiger partial charge is 0.459 e. The maximum Gasteiger partial charge on any atom is 0.459 e. The average Bonchev–Trinajstić information content (AvgIpc) is 3.34. The summed E-state index contributed by atoms with van der Waals surface area (Å²) in [6.07, 6.45) is -5.22. The highest BCUT2D eigenvalue weighted by molar-refractivity contribution is 7.52. The zero-order valence-electron chi connectivity index (χ0n) is 21.2. The fourth-order valence-corrected chi connectivity index (χ4v) is 5.20. The number of aromatic amines is 1. The molecule has 1 unspecified atom stereocenters. The van der Waals surface area contributed by atoms with Crippen LogP contribution in [0.15, 0.2) is 41.5 Å². The Hall–Kier alpha value is -3.53. The van der Waals surface area contributed by atoms with Crippen molar-refractivity contribution >= 4 is 30.8 Å². The summed E-state index contributed by atoms with van der Waals surface area (Å²) in [5.41, 5.74) is 3.60. The summed E-state index contributed by atoms with van der Waals surface area (Å²) in [6, 6.07) is 6.05. The lowest BCUT2D eigenvalue weighted by molar-refractivity contribution is -0.208. The van der Waals surface area contributed by atoms with Crippen molar-refractivity contribution in [3.63, 3.8) is 0 Å². The molecule has 4 atom stereocenters. The van der Waals surface area contributed by atoms with Gasteiger partial charge in [0.15, 0.2) is 17.3 Å². The van der Waals surface area contributed by atoms with E-state index in [-0.39, 0.29) is 5.75 Å². The molecule has 1 aliphatic rings. The number of nitrogens with zero attached hydrogens (tertiary/aromatic N) is 3. The van der Waals surface area contributed by atoms with Crippen LogP contribution in [-0.2, 0) is 23.4 Å². The number of aromatic nitrogens is 4. The van der Waals surface area contributed by atoms with Crippen LogP contribution < -0.4 is 20.9 Å². The summed E-state index contributed by atoms with van der Waals surface area (Å²) in [7, 11) is -4.68. The van der Waals surface area contributed by atoms with E-state index in [4.69, 9.17) is 24.3 Å². The van der Waals surface area contributed by atoms with Gasteiger partial charge in [0.05, 0.1) is 19.0 Å². The van der Waals surface area contributed by atoms with E-state index in [1.54, 1.807) is 19.9 Å². The highest BCUT2D eigenvalue weighted by atomic mass is 31.2. The lowest BCUT2D eigenvalue weighted by Crippen LogP contribution is -2.46. The number of carbonyl (C=O) groups excluding carboxylic acids is 1. The van der Waals surface area contributed by atoms with Crippen LogP contribution in [0.5, 0.6) is 5.75 Å². The summed E-state index contributed by atoms with van der Waals surface area (Å²) in [5, 5.41) is 2.27. The minimum atomic E-state index is -4.88. The van der Waals surface area contributed by atoms with Crippen molar-refractivity contribution in [3.05, 3.63) is 47.0 Å². The first kappa shape index (κ1) is 29.5. The molecule has 40 heavy (non-hydrogen) atoms. The standard InChI is InChI=1S/C22H25F4N6O7P/c1-11(2)37-18(34)12(3)31-40(35,39-13-7-5-4-6-8-13)36-9-14-21(23,24)22(25,26)19(38-14)32-10-28-15-16(32)29-20(27)30-17(15)33/h4-8,10-12,14,19H,9H2,1-3H3,(H,31,35)(H3,27,29,30,33)/t12-,14+,19+,40?/m0/s1. The Balaban J connectivity index is 1.60. The van der Waals surface area contributed by atoms with Crippen LogP contribution >= 0.6 is 7.75 Å². The van der Waals surface area contributed by atoms with E-state index in [9.17, 15) is 22.9 Å². The van der Waals surface area contributed by atoms with E-state index in [1.807, 2.05) is 0 Å². The molecular formula is C22H25F4N6O7P. The van der Waals surface area contributed by atoms with E-state index < -0.39 is 79.3 Å². The maximum atomic E-state index is 15.0. The molecule has 4 N–H and O–H groups in total. The maximum absolute atomic E-state index is 15.0. The molecule has 0 amide bonds. The Morgan fingerprint density at radius 1 is 1.23 bits per heavy atom. The van der Waals surface area contributed by atoms with Crippen LogP contribution in [0, 0.1) is 0 Å². The quantitative estimate of drug-likeness (QED) is 0.179. The van der Waals surface area contributed by atoms with E-state index in [1.165, 1.54) is 31.2 Å². The van der Waals surface area contributed by atoms with Crippen molar-refractivity contribution in [1.29, 1.82) is 0 Å². The van der Waals surface area contributed by atoms with E-state index in [0.29, 0.717) is 10.9 Å². The molecule has 0 saturated carbocycles. The molecule has 18 heteroatoms. The molecule has 1 aliphatic heterocycles. The van der Waals surface area contributed by atoms with Crippen molar-refractivity contribution in [1.82, 2.24) is 24.6 Å². The number of alkyl halides is 4. The molecular weight excluding hydrogens is 567 g/mol. The third-order valence-electron chi connectivity index (χ3n) is 5.58. The molecule has 218 valence electrons. The molecule has 1 fully saturated rings. The average molecular weight is 592 g/mol. The van der Waals surface area contributed by atoms with Crippen LogP contribution in [-0.4, -0.2) is 62.2 Å². The number of para-hydroxylation sites is 1. The van der Waals surface area contributed by atoms with Gasteiger partial charge in [-0.05, 0) is 32.9 Å². The number of ether oxygens (including phenoxy) is 2. The number of hydrogen-bond acceptors (Lipinski definition) is 10. The number of hydrogen-bond donors (Lipinski definition) is 3. The molecule has 2 aromatic heterocycles. The number of benzene rings is 1. The van der Waals surface area contributed by atoms with Gasteiger partial charge in [0, 0.05) is 0 Å². The second-order valence-corrected chi connectivity index (χ2v) is 10.7. The van der Waals surface area contributed by atoms with Gasteiger partial charge < -0.3 is 19.7 Å². The first-order valence-electron chi connectivity index (χ1n) is 11.8. The number of halogens is 4. The third kappa shape index (κ3) is 5.68. The van der Waals surface area contributed by atoms with Gasteiger partial charge in [-0.1, -0.05) is 18.2 Å². The summed E-state index contributed by atoms with van der Waals surface area (Å²) < 4.78 is 94.5. The Bertz CT molecular complexity index is 1490. The van der Waals surface area contributed by atoms with Crippen LogP contribution in [0.2, 0.25) is 0 Å². The van der Waals surface area contributed by atoms with Crippen LogP contribution in [0.3, 0.4) is 0 Å². The van der Waals surface area contributed by atoms with Crippen LogP contribution in [0.4, 0.5) is 23.5 Å². The molecule has 3 aromatic rings. The highest BCUT2D eigenvalue weighted by Crippen LogP contribution is 2.54. The molecule has 0 spiro atoms. The molecule has 1 aromatic carbocycles. The normalized spacial score (nSPS) is 22.2. The Kier molecular flexibility index (Phi) is 7.95. The molecule has 0 radical (unpaired) electrons. The topological polar surface area (TPSA) is 173 Å². The van der Waals surface area contributed by atoms with Crippen LogP contribution in [0.25, 0.3) is 11.2 Å². The number of anilines is 1. The van der Waals surface area contributed by atoms with Crippen molar-refractivity contribution in [2.45, 2.75) is 57.1 Å². The number of fused-ring (bicyclic) bond motifs is 1. The number of nitrogen functional groups attached to an aromatic ring is 1. The first-order valence-corrected chi connectivity index (χ1v) is 13.3. The molecule has 3 heterocycles. The number of nitrogens with one attached hydrogen (secondary N) is 2. The summed E-state index contributed by atoms with van der Waals surface area (Å²) >= 11 is 0. The summed E-state index contributed by atoms with van der Waals surface area (Å²) in [4.78, 5) is 33.7. The van der Waals surface area contributed by atoms with Gasteiger partial charge in [-0.2, -0.15) is 27.6 Å². The highest BCUT2D eigenvalue weighted by Gasteiger charge is 2.73. The number of H-pyrrole nitrogens is 1. The lowest BCUT2D eigenvalue weighted by atomic mass is 10.1. The SMILES string of the molecule is CC(C)OC(=O)[C@H](C)NP(=O)(OC[C@H]1O[C@@H](n2cnc3c(=O)[nH]c(N)nc32)C(F)(F)C1(F)F)Oc1ccccc1. The second-order valence-electron chi connectivity index (χ2n) is 9.03. The largest absolute Gasteiger partial charge is 0.462 e. The van der Waals surface area contributed by atoms with Crippen molar-refractivity contribution in [3.8, 4) is 5.75 Å². The van der Waals surface area contributed by atoms with Gasteiger partial charge in [-0.25, -0.2) is 9.55 Å². The fraction of sp³-hybridized carbons (Fsp3) is 0.455. The van der Waals surface area contributed by atoms with E-state index >= 15 is 8.78 Å². The molecule has 0 bridgehead atoms. The van der Waals surface area contributed by atoms with Gasteiger partial charge in [0.25, 0.3) is 5.56 Å². The Labute approximate surface area is 223 Å². The van der Waals surface area contributed by atoms with Crippen LogP contribution in [0.1, 0.15) is 27.0 Å². The molecule has 1 saturated heterocycles. The number of rotatable bonds is 10. The zero-order chi connectivity index (χ0) is 29.5. The van der Waals surface area contributed by atoms with Crippen molar-refractivity contribution in [2.75, 3.05) is 12.3 Å². The van der Waals surface area contributed by atoms with Gasteiger partial charge in [-0.3, -0.25) is 23.7 Å². The second kappa shape index (κ2) is 10.8. The monoisotopic (exact) mass is 592 g/mol.